The molecular weight excluding hydrogens is 745 g/mol. The van der Waals surface area contributed by atoms with Crippen molar-refractivity contribution in [2.75, 3.05) is 26.4 Å². The van der Waals surface area contributed by atoms with Crippen LogP contribution in [0, 0.1) is 11.8 Å². The van der Waals surface area contributed by atoms with E-state index in [1.54, 1.807) is 12.2 Å². The van der Waals surface area contributed by atoms with Crippen molar-refractivity contribution in [3.05, 3.63) is 60.8 Å². The highest BCUT2D eigenvalue weighted by atomic mass is 31.2. The Hall–Kier alpha value is -2.66. The molecule has 5 atom stereocenters. The van der Waals surface area contributed by atoms with Gasteiger partial charge in [-0.05, 0) is 76.2 Å². The van der Waals surface area contributed by atoms with Gasteiger partial charge in [0.05, 0.1) is 19.3 Å². The number of rotatable bonds is 37. The van der Waals surface area contributed by atoms with E-state index in [0.717, 1.165) is 57.8 Å². The number of esters is 2. The molecule has 0 spiro atoms. The molecule has 12 heteroatoms. The Morgan fingerprint density at radius 1 is 0.789 bits per heavy atom. The highest BCUT2D eigenvalue weighted by Crippen LogP contribution is 2.43. The summed E-state index contributed by atoms with van der Waals surface area (Å²) in [4.78, 5) is 47.4. The third-order valence-corrected chi connectivity index (χ3v) is 10.6. The number of hydrogen-bond donors (Lipinski definition) is 3. The summed E-state index contributed by atoms with van der Waals surface area (Å²) in [5.41, 5.74) is 5.34. The first-order chi connectivity index (χ1) is 27.6. The molecule has 1 aliphatic rings. The number of phosphoric acid groups is 1. The van der Waals surface area contributed by atoms with E-state index in [-0.39, 0.29) is 50.2 Å². The monoisotopic (exact) mass is 822 g/mol. The fraction of sp³-hybridized carbons (Fsp3) is 0.711. The molecule has 0 aromatic heterocycles. The fourth-order valence-corrected chi connectivity index (χ4v) is 7.01. The number of phosphoric ester groups is 1. The van der Waals surface area contributed by atoms with Gasteiger partial charge in [-0.1, -0.05) is 133 Å². The molecule has 0 fully saturated rings. The number of carbonyl (C=O) groups excluding carboxylic acids is 3. The van der Waals surface area contributed by atoms with E-state index in [9.17, 15) is 28.9 Å². The summed E-state index contributed by atoms with van der Waals surface area (Å²) in [5, 5.41) is 10.2. The zero-order valence-corrected chi connectivity index (χ0v) is 36.0. The van der Waals surface area contributed by atoms with Crippen LogP contribution in [0.25, 0.3) is 0 Å². The average molecular weight is 822 g/mol. The highest BCUT2D eigenvalue weighted by molar-refractivity contribution is 7.47. The minimum atomic E-state index is -4.43. The minimum Gasteiger partial charge on any atom is -0.462 e. The number of ether oxygens (including phenoxy) is 2. The van der Waals surface area contributed by atoms with Gasteiger partial charge in [-0.3, -0.25) is 23.4 Å². The van der Waals surface area contributed by atoms with Crippen molar-refractivity contribution < 1.29 is 47.5 Å². The quantitative estimate of drug-likeness (QED) is 0.0236. The molecule has 1 aliphatic carbocycles. The fourth-order valence-electron chi connectivity index (χ4n) is 6.24. The second-order valence-electron chi connectivity index (χ2n) is 14.9. The van der Waals surface area contributed by atoms with Crippen LogP contribution in [0.15, 0.2) is 60.8 Å². The molecule has 57 heavy (non-hydrogen) atoms. The van der Waals surface area contributed by atoms with E-state index in [1.165, 1.54) is 38.5 Å². The predicted octanol–water partition coefficient (Wildman–Crippen LogP) is 10.1. The van der Waals surface area contributed by atoms with E-state index in [4.69, 9.17) is 24.3 Å². The maximum absolute atomic E-state index is 12.6. The summed E-state index contributed by atoms with van der Waals surface area (Å²) >= 11 is 0. The van der Waals surface area contributed by atoms with Gasteiger partial charge in [0.25, 0.3) is 0 Å². The molecule has 0 aliphatic heterocycles. The maximum atomic E-state index is 12.6. The Morgan fingerprint density at radius 3 is 2.11 bits per heavy atom. The molecule has 0 aromatic rings. The van der Waals surface area contributed by atoms with Gasteiger partial charge < -0.3 is 25.2 Å². The van der Waals surface area contributed by atoms with Gasteiger partial charge in [0.1, 0.15) is 6.61 Å². The lowest BCUT2D eigenvalue weighted by molar-refractivity contribution is -0.161. The van der Waals surface area contributed by atoms with Crippen LogP contribution in [-0.4, -0.2) is 66.3 Å². The van der Waals surface area contributed by atoms with Gasteiger partial charge in [-0.2, -0.15) is 0 Å². The van der Waals surface area contributed by atoms with E-state index in [2.05, 4.69) is 38.2 Å². The lowest BCUT2D eigenvalue weighted by atomic mass is 9.90. The van der Waals surface area contributed by atoms with Crippen LogP contribution < -0.4 is 5.73 Å². The Kier molecular flexibility index (Phi) is 32.4. The van der Waals surface area contributed by atoms with Crippen LogP contribution in [-0.2, 0) is 37.5 Å². The summed E-state index contributed by atoms with van der Waals surface area (Å²) in [5.74, 6) is -1.20. The summed E-state index contributed by atoms with van der Waals surface area (Å²) < 4.78 is 32.7. The van der Waals surface area contributed by atoms with Gasteiger partial charge in [0, 0.05) is 25.3 Å². The first-order valence-electron chi connectivity index (χ1n) is 21.8. The van der Waals surface area contributed by atoms with Crippen LogP contribution in [0.5, 0.6) is 0 Å². The van der Waals surface area contributed by atoms with Crippen molar-refractivity contribution in [1.82, 2.24) is 0 Å². The number of ketones is 1. The number of carbonyl (C=O) groups is 3. The zero-order chi connectivity index (χ0) is 41.8. The van der Waals surface area contributed by atoms with Crippen molar-refractivity contribution in [1.29, 1.82) is 0 Å². The smallest absolute Gasteiger partial charge is 0.462 e. The van der Waals surface area contributed by atoms with Gasteiger partial charge in [-0.15, -0.1) is 0 Å². The largest absolute Gasteiger partial charge is 0.472 e. The summed E-state index contributed by atoms with van der Waals surface area (Å²) in [7, 11) is -4.43. The molecule has 4 N–H and O–H groups in total. The molecule has 1 unspecified atom stereocenters. The molecule has 1 rings (SSSR count). The molecule has 0 amide bonds. The van der Waals surface area contributed by atoms with Crippen molar-refractivity contribution in [2.45, 2.75) is 167 Å². The number of aliphatic hydroxyl groups excluding tert-OH is 1. The van der Waals surface area contributed by atoms with Gasteiger partial charge in [-0.25, -0.2) is 4.57 Å². The molecule has 0 radical (unpaired) electrons. The molecule has 0 saturated carbocycles. The van der Waals surface area contributed by atoms with Gasteiger partial charge in [0.2, 0.25) is 0 Å². The Labute approximate surface area is 344 Å². The normalized spacial score (nSPS) is 18.0. The number of hydrogen-bond acceptors (Lipinski definition) is 10. The van der Waals surface area contributed by atoms with E-state index < -0.39 is 38.6 Å². The first-order valence-corrected chi connectivity index (χ1v) is 23.3. The lowest BCUT2D eigenvalue weighted by Crippen LogP contribution is -2.29. The van der Waals surface area contributed by atoms with Crippen molar-refractivity contribution in [3.8, 4) is 0 Å². The number of unbranched alkanes of at least 4 members (excludes halogenated alkanes) is 13. The Balaban J connectivity index is 2.36. The first kappa shape index (κ1) is 52.4. The van der Waals surface area contributed by atoms with Crippen molar-refractivity contribution in [2.24, 2.45) is 17.6 Å². The third kappa shape index (κ3) is 30.1. The number of allylic oxidation sites excluding steroid dienone is 9. The Bertz CT molecular complexity index is 1260. The standard InChI is InChI=1S/C45H76NO10P/c1-3-5-7-8-9-10-11-12-13-14-15-16-17-18-19-20-26-30-45(50)56-41(38-55-57(51,52)54-36-35-46)37-53-44(49)29-25-22-21-24-27-39-31-34-43(48)42(39)33-32-40(47)28-23-6-4-2/h9-10,12-13,21,24,31-34,39-42,47H,3-8,11,14-20,22-23,25-30,35-38,46H2,1-2H3,(H,51,52)/b10-9-,13-12-,24-21-,33-32+/t39-,40-,41+,42+/m0/s1. The molecule has 11 nitrogen and oxygen atoms in total. The lowest BCUT2D eigenvalue weighted by Gasteiger charge is -2.19. The maximum Gasteiger partial charge on any atom is 0.472 e. The third-order valence-electron chi connectivity index (χ3n) is 9.62. The van der Waals surface area contributed by atoms with Crippen LogP contribution in [0.2, 0.25) is 0 Å². The Morgan fingerprint density at radius 2 is 1.40 bits per heavy atom. The summed E-state index contributed by atoms with van der Waals surface area (Å²) in [6.45, 7) is 3.36. The predicted molar refractivity (Wildman–Crippen MR) is 228 cm³/mol. The van der Waals surface area contributed by atoms with E-state index in [1.807, 2.05) is 24.3 Å². The zero-order valence-electron chi connectivity index (χ0n) is 35.2. The molecule has 0 heterocycles. The van der Waals surface area contributed by atoms with Crippen LogP contribution in [0.1, 0.15) is 155 Å². The topological polar surface area (TPSA) is 172 Å². The van der Waals surface area contributed by atoms with Crippen LogP contribution >= 0.6 is 7.82 Å². The SMILES string of the molecule is CCCCC/C=C\C/C=C\CCCCCCCCCC(=O)O[C@H](COC(=O)CCC/C=C\C[C@H]1C=CC(=O)[C@@H]1/C=C/[C@@H](O)CCCCC)COP(=O)(O)OCCN. The number of aliphatic hydroxyl groups is 1. The van der Waals surface area contributed by atoms with Crippen molar-refractivity contribution >= 4 is 25.5 Å². The van der Waals surface area contributed by atoms with Crippen LogP contribution in [0.3, 0.4) is 0 Å². The minimum absolute atomic E-state index is 0.0211. The molecule has 0 bridgehead atoms. The van der Waals surface area contributed by atoms with Gasteiger partial charge in [0.15, 0.2) is 11.9 Å². The molecular formula is C45H76NO10P. The molecule has 0 aromatic carbocycles. The van der Waals surface area contributed by atoms with E-state index >= 15 is 0 Å². The highest BCUT2D eigenvalue weighted by Gasteiger charge is 2.27. The van der Waals surface area contributed by atoms with Crippen molar-refractivity contribution in [3.63, 3.8) is 0 Å². The number of nitrogens with two attached hydrogens (primary N) is 1. The van der Waals surface area contributed by atoms with Gasteiger partial charge >= 0.3 is 19.8 Å². The van der Waals surface area contributed by atoms with Crippen LogP contribution in [0.4, 0.5) is 0 Å². The summed E-state index contributed by atoms with van der Waals surface area (Å²) in [6.07, 6.45) is 38.7. The molecule has 326 valence electrons. The summed E-state index contributed by atoms with van der Waals surface area (Å²) in [6, 6.07) is 0. The van der Waals surface area contributed by atoms with E-state index in [0.29, 0.717) is 32.1 Å². The second kappa shape index (κ2) is 35.3. The molecule has 0 saturated heterocycles. The average Bonchev–Trinajstić information content (AvgIpc) is 3.54. The second-order valence-corrected chi connectivity index (χ2v) is 16.3.